The highest BCUT2D eigenvalue weighted by atomic mass is 79.9. The summed E-state index contributed by atoms with van der Waals surface area (Å²) in [4.78, 5) is 12.2. The van der Waals surface area contributed by atoms with Gasteiger partial charge in [0.1, 0.15) is 5.75 Å². The highest BCUT2D eigenvalue weighted by Crippen LogP contribution is 2.23. The van der Waals surface area contributed by atoms with Crippen LogP contribution in [0.2, 0.25) is 0 Å². The van der Waals surface area contributed by atoms with E-state index in [0.717, 1.165) is 15.8 Å². The van der Waals surface area contributed by atoms with Gasteiger partial charge in [-0.2, -0.15) is 0 Å². The molecule has 0 unspecified atom stereocenters. The van der Waals surface area contributed by atoms with Crippen LogP contribution in [0.15, 0.2) is 39.9 Å². The summed E-state index contributed by atoms with van der Waals surface area (Å²) < 4.78 is 9.59. The van der Waals surface area contributed by atoms with Crippen molar-refractivity contribution in [2.24, 2.45) is 0 Å². The maximum Gasteiger partial charge on any atom is 0.328 e. The molecule has 0 aliphatic rings. The molecule has 1 aromatic heterocycles. The van der Waals surface area contributed by atoms with Crippen LogP contribution in [-0.4, -0.2) is 16.2 Å². The molecule has 0 fully saturated rings. The van der Waals surface area contributed by atoms with E-state index >= 15 is 0 Å². The van der Waals surface area contributed by atoms with Crippen molar-refractivity contribution in [1.29, 1.82) is 0 Å². The Bertz CT molecular complexity index is 629. The SMILES string of the molecule is COc1ccc(Br)c(Cn2ccn(C(C)C)c2=O)c1. The van der Waals surface area contributed by atoms with E-state index in [1.807, 2.05) is 44.4 Å². The number of halogens is 1. The lowest BCUT2D eigenvalue weighted by atomic mass is 10.2. The quantitative estimate of drug-likeness (QED) is 0.866. The van der Waals surface area contributed by atoms with E-state index in [2.05, 4.69) is 15.9 Å². The van der Waals surface area contributed by atoms with Gasteiger partial charge in [0.15, 0.2) is 0 Å². The molecule has 1 heterocycles. The van der Waals surface area contributed by atoms with E-state index in [1.54, 1.807) is 16.2 Å². The highest BCUT2D eigenvalue weighted by Gasteiger charge is 2.09. The van der Waals surface area contributed by atoms with Crippen LogP contribution in [0.1, 0.15) is 25.5 Å². The van der Waals surface area contributed by atoms with Gasteiger partial charge < -0.3 is 4.74 Å². The first-order chi connectivity index (χ1) is 9.02. The number of rotatable bonds is 4. The van der Waals surface area contributed by atoms with Crippen LogP contribution in [0.5, 0.6) is 5.75 Å². The van der Waals surface area contributed by atoms with Crippen LogP contribution in [0.25, 0.3) is 0 Å². The molecule has 102 valence electrons. The van der Waals surface area contributed by atoms with Gasteiger partial charge in [-0.05, 0) is 37.6 Å². The maximum atomic E-state index is 12.2. The summed E-state index contributed by atoms with van der Waals surface area (Å²) in [7, 11) is 1.63. The highest BCUT2D eigenvalue weighted by molar-refractivity contribution is 9.10. The fraction of sp³-hybridized carbons (Fsp3) is 0.357. The van der Waals surface area contributed by atoms with Gasteiger partial charge in [-0.15, -0.1) is 0 Å². The van der Waals surface area contributed by atoms with E-state index in [1.165, 1.54) is 0 Å². The summed E-state index contributed by atoms with van der Waals surface area (Å²) in [6, 6.07) is 5.92. The number of methoxy groups -OCH3 is 1. The third-order valence-electron chi connectivity index (χ3n) is 3.02. The van der Waals surface area contributed by atoms with Crippen LogP contribution < -0.4 is 10.4 Å². The largest absolute Gasteiger partial charge is 0.497 e. The minimum Gasteiger partial charge on any atom is -0.497 e. The second kappa shape index (κ2) is 5.65. The molecule has 0 atom stereocenters. The molecule has 0 bridgehead atoms. The molecule has 0 N–H and O–H groups in total. The zero-order valence-corrected chi connectivity index (χ0v) is 12.8. The van der Waals surface area contributed by atoms with Gasteiger partial charge in [0.25, 0.3) is 0 Å². The fourth-order valence-corrected chi connectivity index (χ4v) is 2.30. The van der Waals surface area contributed by atoms with Crippen LogP contribution in [-0.2, 0) is 6.54 Å². The Morgan fingerprint density at radius 2 is 2.05 bits per heavy atom. The van der Waals surface area contributed by atoms with Crippen molar-refractivity contribution in [2.45, 2.75) is 26.4 Å². The van der Waals surface area contributed by atoms with Crippen LogP contribution in [0, 0.1) is 0 Å². The molecule has 0 spiro atoms. The first-order valence-electron chi connectivity index (χ1n) is 6.12. The third-order valence-corrected chi connectivity index (χ3v) is 3.80. The molecule has 0 radical (unpaired) electrons. The Kier molecular flexibility index (Phi) is 4.14. The van der Waals surface area contributed by atoms with Gasteiger partial charge in [0.2, 0.25) is 0 Å². The Labute approximate surface area is 120 Å². The van der Waals surface area contributed by atoms with Crippen molar-refractivity contribution in [3.8, 4) is 5.75 Å². The number of aromatic nitrogens is 2. The van der Waals surface area contributed by atoms with Crippen molar-refractivity contribution in [3.63, 3.8) is 0 Å². The lowest BCUT2D eigenvalue weighted by Gasteiger charge is -2.08. The molecular formula is C14H17BrN2O2. The Morgan fingerprint density at radius 1 is 1.32 bits per heavy atom. The summed E-state index contributed by atoms with van der Waals surface area (Å²) in [5.41, 5.74) is 1.02. The van der Waals surface area contributed by atoms with Gasteiger partial charge >= 0.3 is 5.69 Å². The predicted octanol–water partition coefficient (Wildman–Crippen LogP) is 3.05. The average molecular weight is 325 g/mol. The smallest absolute Gasteiger partial charge is 0.328 e. The second-order valence-corrected chi connectivity index (χ2v) is 5.52. The molecule has 0 saturated carbocycles. The predicted molar refractivity (Wildman–Crippen MR) is 78.9 cm³/mol. The van der Waals surface area contributed by atoms with Gasteiger partial charge in [-0.3, -0.25) is 9.13 Å². The first kappa shape index (κ1) is 13.9. The van der Waals surface area contributed by atoms with Crippen molar-refractivity contribution in [3.05, 3.63) is 51.1 Å². The van der Waals surface area contributed by atoms with Crippen LogP contribution in [0.3, 0.4) is 0 Å². The average Bonchev–Trinajstić information content (AvgIpc) is 2.74. The van der Waals surface area contributed by atoms with Gasteiger partial charge in [0, 0.05) is 22.9 Å². The topological polar surface area (TPSA) is 36.2 Å². The maximum absolute atomic E-state index is 12.2. The van der Waals surface area contributed by atoms with Crippen molar-refractivity contribution < 1.29 is 4.74 Å². The van der Waals surface area contributed by atoms with E-state index in [0.29, 0.717) is 6.54 Å². The number of ether oxygens (including phenoxy) is 1. The number of hydrogen-bond acceptors (Lipinski definition) is 2. The van der Waals surface area contributed by atoms with E-state index in [9.17, 15) is 4.79 Å². The Balaban J connectivity index is 2.34. The first-order valence-corrected chi connectivity index (χ1v) is 6.92. The summed E-state index contributed by atoms with van der Waals surface area (Å²) in [6.07, 6.45) is 3.63. The standard InChI is InChI=1S/C14H17BrN2O2/c1-10(2)17-7-6-16(14(17)18)9-11-8-12(19-3)4-5-13(11)15/h4-8,10H,9H2,1-3H3. The molecule has 0 amide bonds. The number of hydrogen-bond donors (Lipinski definition) is 0. The Hall–Kier alpha value is -1.49. The zero-order chi connectivity index (χ0) is 14.0. The zero-order valence-electron chi connectivity index (χ0n) is 11.3. The van der Waals surface area contributed by atoms with Crippen molar-refractivity contribution >= 4 is 15.9 Å². The van der Waals surface area contributed by atoms with Crippen molar-refractivity contribution in [1.82, 2.24) is 9.13 Å². The van der Waals surface area contributed by atoms with Crippen LogP contribution in [0.4, 0.5) is 0 Å². The summed E-state index contributed by atoms with van der Waals surface area (Å²) in [6.45, 7) is 4.51. The van der Waals surface area contributed by atoms with E-state index in [-0.39, 0.29) is 11.7 Å². The monoisotopic (exact) mass is 324 g/mol. The van der Waals surface area contributed by atoms with E-state index in [4.69, 9.17) is 4.74 Å². The number of imidazole rings is 1. The molecular weight excluding hydrogens is 308 g/mol. The van der Waals surface area contributed by atoms with Gasteiger partial charge in [-0.1, -0.05) is 15.9 Å². The number of benzene rings is 1. The fourth-order valence-electron chi connectivity index (χ4n) is 1.92. The summed E-state index contributed by atoms with van der Waals surface area (Å²) >= 11 is 3.50. The normalized spacial score (nSPS) is 11.0. The lowest BCUT2D eigenvalue weighted by molar-refractivity contribution is 0.414. The second-order valence-electron chi connectivity index (χ2n) is 4.67. The third kappa shape index (κ3) is 2.92. The molecule has 0 saturated heterocycles. The molecule has 2 aromatic rings. The molecule has 0 aliphatic carbocycles. The molecule has 2 rings (SSSR count). The molecule has 5 heteroatoms. The molecule has 4 nitrogen and oxygen atoms in total. The molecule has 19 heavy (non-hydrogen) atoms. The Morgan fingerprint density at radius 3 is 2.63 bits per heavy atom. The summed E-state index contributed by atoms with van der Waals surface area (Å²) in [5, 5.41) is 0. The van der Waals surface area contributed by atoms with Crippen LogP contribution >= 0.6 is 15.9 Å². The minimum absolute atomic E-state index is 0.00437. The van der Waals surface area contributed by atoms with E-state index < -0.39 is 0 Å². The minimum atomic E-state index is 0.00437. The van der Waals surface area contributed by atoms with Gasteiger partial charge in [0.05, 0.1) is 13.7 Å². The molecule has 1 aromatic carbocycles. The molecule has 0 aliphatic heterocycles. The van der Waals surface area contributed by atoms with Gasteiger partial charge in [-0.25, -0.2) is 4.79 Å². The number of nitrogens with zero attached hydrogens (tertiary/aromatic N) is 2. The summed E-state index contributed by atoms with van der Waals surface area (Å²) in [5.74, 6) is 0.787. The lowest BCUT2D eigenvalue weighted by Crippen LogP contribution is -2.25. The van der Waals surface area contributed by atoms with Crippen molar-refractivity contribution in [2.75, 3.05) is 7.11 Å².